The summed E-state index contributed by atoms with van der Waals surface area (Å²) in [5.74, 6) is 4.38. The third-order valence-electron chi connectivity index (χ3n) is 5.36. The molecular formula is C25H25ClFIN4OS3. The van der Waals surface area contributed by atoms with Gasteiger partial charge in [-0.15, -0.1) is 0 Å². The number of rotatable bonds is 5. The van der Waals surface area contributed by atoms with Crippen LogP contribution in [0, 0.1) is 5.82 Å². The lowest BCUT2D eigenvalue weighted by Crippen LogP contribution is -2.46. The zero-order chi connectivity index (χ0) is 25.3. The summed E-state index contributed by atoms with van der Waals surface area (Å²) in [7, 11) is 1.80. The first-order valence-electron chi connectivity index (χ1n) is 11.2. The van der Waals surface area contributed by atoms with Gasteiger partial charge < -0.3 is 9.64 Å². The molecule has 5 rings (SSSR count). The quantitative estimate of drug-likeness (QED) is 0.169. The van der Waals surface area contributed by atoms with Crippen LogP contribution in [0.4, 0.5) is 10.1 Å². The summed E-state index contributed by atoms with van der Waals surface area (Å²) in [6.45, 7) is 3.36. The summed E-state index contributed by atoms with van der Waals surface area (Å²) >= 11 is 11.6. The lowest BCUT2D eigenvalue weighted by atomic mass is 10.1. The maximum absolute atomic E-state index is 13.1. The smallest absolute Gasteiger partial charge is 0.153 e. The molecule has 1 saturated heterocycles. The van der Waals surface area contributed by atoms with E-state index in [0.717, 1.165) is 71.2 Å². The van der Waals surface area contributed by atoms with Crippen molar-refractivity contribution in [2.24, 2.45) is 10.1 Å². The largest absolute Gasteiger partial charge is 0.454 e. The van der Waals surface area contributed by atoms with Crippen molar-refractivity contribution in [2.45, 2.75) is 4.90 Å². The maximum atomic E-state index is 13.1. The molecule has 36 heavy (non-hydrogen) atoms. The van der Waals surface area contributed by atoms with Crippen LogP contribution in [0.15, 0.2) is 76.6 Å². The van der Waals surface area contributed by atoms with Crippen molar-refractivity contribution < 1.29 is 9.13 Å². The number of halogens is 3. The molecule has 0 aliphatic carbocycles. The highest BCUT2D eigenvalue weighted by atomic mass is 127. The van der Waals surface area contributed by atoms with E-state index < -0.39 is 0 Å². The summed E-state index contributed by atoms with van der Waals surface area (Å²) in [6, 6.07) is 20.1. The zero-order valence-electron chi connectivity index (χ0n) is 19.3. The Morgan fingerprint density at radius 1 is 0.972 bits per heavy atom. The Morgan fingerprint density at radius 2 is 1.72 bits per heavy atom. The van der Waals surface area contributed by atoms with E-state index in [1.54, 1.807) is 20.9 Å². The van der Waals surface area contributed by atoms with Gasteiger partial charge in [0.25, 0.3) is 0 Å². The first-order chi connectivity index (χ1) is 17.6. The van der Waals surface area contributed by atoms with Crippen molar-refractivity contribution in [1.29, 1.82) is 0 Å². The van der Waals surface area contributed by atoms with Gasteiger partial charge in [0.05, 0.1) is 5.56 Å². The second-order valence-corrected chi connectivity index (χ2v) is 12.6. The molecule has 1 fully saturated rings. The molecule has 11 heteroatoms. The van der Waals surface area contributed by atoms with E-state index >= 15 is 0 Å². The average molecular weight is 675 g/mol. The van der Waals surface area contributed by atoms with Gasteiger partial charge in [0.1, 0.15) is 23.1 Å². The molecule has 5 nitrogen and oxygen atoms in total. The van der Waals surface area contributed by atoms with Crippen LogP contribution in [0.5, 0.6) is 11.5 Å². The van der Waals surface area contributed by atoms with E-state index in [1.807, 2.05) is 54.6 Å². The summed E-state index contributed by atoms with van der Waals surface area (Å²) in [4.78, 5) is 8.27. The number of benzene rings is 3. The predicted molar refractivity (Wildman–Crippen MR) is 163 cm³/mol. The fraction of sp³-hybridized carbons (Fsp3) is 0.240. The zero-order valence-corrected chi connectivity index (χ0v) is 24.6. The second-order valence-electron chi connectivity index (χ2n) is 7.79. The lowest BCUT2D eigenvalue weighted by Gasteiger charge is -2.35. The molecule has 3 aromatic rings. The fourth-order valence-electron chi connectivity index (χ4n) is 3.65. The predicted octanol–water partition coefficient (Wildman–Crippen LogP) is 7.66. The summed E-state index contributed by atoms with van der Waals surface area (Å²) in [5, 5.41) is 5.77. The Kier molecular flexibility index (Phi) is 10.9. The Hall–Kier alpha value is -1.15. The minimum atomic E-state index is -0.213. The highest BCUT2D eigenvalue weighted by molar-refractivity contribution is 14.2. The van der Waals surface area contributed by atoms with Crippen LogP contribution in [0.3, 0.4) is 0 Å². The molecule has 0 spiro atoms. The minimum Gasteiger partial charge on any atom is -0.454 e. The summed E-state index contributed by atoms with van der Waals surface area (Å²) in [6.07, 6.45) is 0. The Morgan fingerprint density at radius 3 is 2.42 bits per heavy atom. The van der Waals surface area contributed by atoms with Crippen LogP contribution >= 0.6 is 65.6 Å². The van der Waals surface area contributed by atoms with E-state index in [1.165, 1.54) is 24.1 Å². The van der Waals surface area contributed by atoms with E-state index in [0.29, 0.717) is 5.02 Å². The van der Waals surface area contributed by atoms with E-state index in [9.17, 15) is 4.39 Å². The van der Waals surface area contributed by atoms with Gasteiger partial charge in [0, 0.05) is 47.6 Å². The highest BCUT2D eigenvalue weighted by Crippen LogP contribution is 2.39. The first-order valence-corrected chi connectivity index (χ1v) is 16.9. The van der Waals surface area contributed by atoms with Crippen molar-refractivity contribution in [3.05, 3.63) is 83.1 Å². The van der Waals surface area contributed by atoms with Gasteiger partial charge in [0.2, 0.25) is 0 Å². The lowest BCUT2D eigenvalue weighted by molar-refractivity contribution is 0.282. The molecule has 0 atom stereocenters. The third-order valence-corrected chi connectivity index (χ3v) is 9.08. The summed E-state index contributed by atoms with van der Waals surface area (Å²) in [5.41, 5.74) is 1.71. The van der Waals surface area contributed by atoms with Crippen molar-refractivity contribution in [1.82, 2.24) is 9.21 Å². The van der Waals surface area contributed by atoms with Crippen LogP contribution in [0.2, 0.25) is 5.02 Å². The van der Waals surface area contributed by atoms with Crippen LogP contribution in [0.1, 0.15) is 5.56 Å². The number of hydrogen-bond donors (Lipinski definition) is 1. The molecule has 0 amide bonds. The van der Waals surface area contributed by atoms with Gasteiger partial charge in [-0.25, -0.2) is 13.7 Å². The van der Waals surface area contributed by atoms with Crippen molar-refractivity contribution in [2.75, 3.05) is 37.7 Å². The van der Waals surface area contributed by atoms with Gasteiger partial charge in [-0.05, 0) is 87.8 Å². The van der Waals surface area contributed by atoms with E-state index in [4.69, 9.17) is 26.5 Å². The normalized spacial score (nSPS) is 15.0. The summed E-state index contributed by atoms with van der Waals surface area (Å²) < 4.78 is 21.6. The number of fused-ring (bicyclic) bond motifs is 2. The van der Waals surface area contributed by atoms with Gasteiger partial charge in [-0.1, -0.05) is 44.6 Å². The SMILES string of the molecule is Fc1ccc(SN2CCN(C3=Nc4ccccc4Oc4ccc(Cl)cc43)CC2)cc1.NSCCSI. The molecule has 2 heterocycles. The van der Waals surface area contributed by atoms with E-state index in [-0.39, 0.29) is 5.82 Å². The minimum absolute atomic E-state index is 0.213. The van der Waals surface area contributed by atoms with Gasteiger partial charge in [0.15, 0.2) is 5.75 Å². The number of nitrogens with two attached hydrogens (primary N) is 1. The molecule has 2 aliphatic heterocycles. The van der Waals surface area contributed by atoms with Crippen LogP contribution in [0.25, 0.3) is 0 Å². The molecule has 0 radical (unpaired) electrons. The maximum Gasteiger partial charge on any atom is 0.153 e. The molecule has 0 unspecified atom stereocenters. The van der Waals surface area contributed by atoms with Gasteiger partial charge in [-0.2, -0.15) is 0 Å². The number of hydrogen-bond acceptors (Lipinski definition) is 8. The number of ether oxygens (including phenoxy) is 1. The van der Waals surface area contributed by atoms with E-state index in [2.05, 4.69) is 30.4 Å². The molecule has 190 valence electrons. The van der Waals surface area contributed by atoms with Crippen molar-refractivity contribution in [3.8, 4) is 11.5 Å². The monoisotopic (exact) mass is 674 g/mol. The number of piperazine rings is 1. The molecule has 2 aliphatic rings. The molecule has 0 bridgehead atoms. The molecule has 0 saturated carbocycles. The highest BCUT2D eigenvalue weighted by Gasteiger charge is 2.26. The molecule has 0 aromatic heterocycles. The Labute approximate surface area is 241 Å². The van der Waals surface area contributed by atoms with Gasteiger partial charge >= 0.3 is 0 Å². The molecule has 3 aromatic carbocycles. The number of amidine groups is 1. The van der Waals surface area contributed by atoms with Crippen LogP contribution < -0.4 is 9.88 Å². The third kappa shape index (κ3) is 7.68. The molecule has 2 N–H and O–H groups in total. The van der Waals surface area contributed by atoms with Crippen LogP contribution in [-0.4, -0.2) is 52.7 Å². The van der Waals surface area contributed by atoms with Crippen LogP contribution in [-0.2, 0) is 0 Å². The standard InChI is InChI=1S/C23H19ClFN3OS.C2H6INS2/c24-16-5-10-21-19(15-16)23(26-20-3-1-2-4-22(20)29-21)27-11-13-28(14-12-27)30-18-8-6-17(25)7-9-18;3-5-1-2-6-4/h1-10,15H,11-14H2;1-2,4H2. The molecular weight excluding hydrogens is 650 g/mol. The van der Waals surface area contributed by atoms with Crippen molar-refractivity contribution in [3.63, 3.8) is 0 Å². The number of aliphatic imine (C=N–C) groups is 1. The topological polar surface area (TPSA) is 54.1 Å². The first kappa shape index (κ1) is 27.9. The Bertz CT molecular complexity index is 1180. The Balaban J connectivity index is 0.000000455. The number of nitrogens with zero attached hydrogens (tertiary/aromatic N) is 3. The average Bonchev–Trinajstić information content (AvgIpc) is 3.06. The second kappa shape index (κ2) is 14.1. The van der Waals surface area contributed by atoms with Gasteiger partial charge in [-0.3, -0.25) is 5.14 Å². The fourth-order valence-corrected chi connectivity index (χ4v) is 6.98. The number of para-hydroxylation sites is 2. The van der Waals surface area contributed by atoms with Crippen molar-refractivity contribution >= 4 is 77.2 Å².